The lowest BCUT2D eigenvalue weighted by Gasteiger charge is -2.37. The van der Waals surface area contributed by atoms with Crippen LogP contribution in [0.3, 0.4) is 0 Å². The second-order valence-corrected chi connectivity index (χ2v) is 8.72. The van der Waals surface area contributed by atoms with E-state index in [1.807, 2.05) is 20.8 Å². The fraction of sp³-hybridized carbons (Fsp3) is 0.571. The molecule has 5 nitrogen and oxygen atoms in total. The van der Waals surface area contributed by atoms with Gasteiger partial charge in [-0.15, -0.1) is 0 Å². The molecule has 0 unspecified atom stereocenters. The fourth-order valence-electron chi connectivity index (χ4n) is 2.15. The molecule has 1 aromatic rings. The first-order valence-electron chi connectivity index (χ1n) is 6.88. The number of rotatable bonds is 7. The smallest absolute Gasteiger partial charge is 0.264 e. The van der Waals surface area contributed by atoms with Crippen LogP contribution in [0.1, 0.15) is 38.8 Å². The van der Waals surface area contributed by atoms with Crippen LogP contribution >= 0.6 is 11.6 Å². The zero-order chi connectivity index (χ0) is 17.8. The van der Waals surface area contributed by atoms with Crippen LogP contribution in [-0.4, -0.2) is 35.3 Å². The molecular formula is C14H21ClFNO4S2. The summed E-state index contributed by atoms with van der Waals surface area (Å²) in [6, 6.07) is 3.89. The van der Waals surface area contributed by atoms with E-state index in [0.717, 1.165) is 6.26 Å². The van der Waals surface area contributed by atoms with Gasteiger partial charge in [-0.1, -0.05) is 23.7 Å². The third kappa shape index (κ3) is 6.11. The SMILES string of the molecule is CC(C)(C)N([SH]=O)[C@H](CCOS(C)(=O)=O)c1cccc(Cl)c1F. The lowest BCUT2D eigenvalue weighted by Crippen LogP contribution is -2.41. The predicted molar refractivity (Wildman–Crippen MR) is 90.7 cm³/mol. The molecule has 0 heterocycles. The van der Waals surface area contributed by atoms with Gasteiger partial charge in [0.15, 0.2) is 0 Å². The maximum Gasteiger partial charge on any atom is 0.264 e. The molecule has 0 aliphatic carbocycles. The van der Waals surface area contributed by atoms with Crippen LogP contribution in [-0.2, 0) is 26.2 Å². The van der Waals surface area contributed by atoms with Crippen LogP contribution in [0.4, 0.5) is 4.39 Å². The highest BCUT2D eigenvalue weighted by molar-refractivity contribution is 7.85. The van der Waals surface area contributed by atoms with Crippen molar-refractivity contribution in [2.45, 2.75) is 38.8 Å². The number of thiol groups is 1. The topological polar surface area (TPSA) is 63.7 Å². The van der Waals surface area contributed by atoms with Crippen molar-refractivity contribution in [3.63, 3.8) is 0 Å². The molecule has 1 atom stereocenters. The Hall–Kier alpha value is -0.540. The molecule has 1 rings (SSSR count). The van der Waals surface area contributed by atoms with Gasteiger partial charge in [-0.3, -0.25) is 4.18 Å². The lowest BCUT2D eigenvalue weighted by atomic mass is 9.99. The van der Waals surface area contributed by atoms with E-state index in [1.54, 1.807) is 6.07 Å². The van der Waals surface area contributed by atoms with Crippen LogP contribution in [0.5, 0.6) is 0 Å². The van der Waals surface area contributed by atoms with Crippen LogP contribution in [0.25, 0.3) is 0 Å². The van der Waals surface area contributed by atoms with Gasteiger partial charge in [0, 0.05) is 11.1 Å². The molecule has 0 aliphatic heterocycles. The number of benzene rings is 1. The minimum atomic E-state index is -3.61. The van der Waals surface area contributed by atoms with Crippen molar-refractivity contribution in [1.82, 2.24) is 4.31 Å². The third-order valence-electron chi connectivity index (χ3n) is 3.10. The molecule has 0 amide bonds. The molecule has 23 heavy (non-hydrogen) atoms. The van der Waals surface area contributed by atoms with Crippen molar-refractivity contribution < 1.29 is 21.2 Å². The number of hydrogen-bond donors (Lipinski definition) is 1. The number of nitrogens with zero attached hydrogens (tertiary/aromatic N) is 1. The van der Waals surface area contributed by atoms with Gasteiger partial charge in [0.2, 0.25) is 0 Å². The number of hydrogen-bond acceptors (Lipinski definition) is 4. The molecule has 0 aromatic heterocycles. The minimum absolute atomic E-state index is 0.0482. The van der Waals surface area contributed by atoms with E-state index in [9.17, 15) is 17.0 Å². The van der Waals surface area contributed by atoms with Crippen molar-refractivity contribution in [2.75, 3.05) is 12.9 Å². The molecule has 0 fully saturated rings. The molecule has 0 aliphatic rings. The van der Waals surface area contributed by atoms with Crippen LogP contribution in [0.2, 0.25) is 5.02 Å². The van der Waals surface area contributed by atoms with Crippen molar-refractivity contribution in [2.24, 2.45) is 0 Å². The highest BCUT2D eigenvalue weighted by atomic mass is 35.5. The third-order valence-corrected chi connectivity index (χ3v) is 5.04. The second kappa shape index (κ2) is 8.02. The Morgan fingerprint density at radius 3 is 2.48 bits per heavy atom. The van der Waals surface area contributed by atoms with E-state index < -0.39 is 27.5 Å². The van der Waals surface area contributed by atoms with Crippen molar-refractivity contribution in [1.29, 1.82) is 0 Å². The van der Waals surface area contributed by atoms with Gasteiger partial charge in [0.05, 0.1) is 35.8 Å². The molecule has 0 spiro atoms. The maximum atomic E-state index is 14.4. The summed E-state index contributed by atoms with van der Waals surface area (Å²) in [5.74, 6) is -0.614. The minimum Gasteiger partial charge on any atom is -0.270 e. The Morgan fingerprint density at radius 1 is 1.39 bits per heavy atom. The average Bonchev–Trinajstić information content (AvgIpc) is 2.38. The molecular weight excluding hydrogens is 365 g/mol. The standard InChI is InChI=1S/C14H21ClFNO4S2/c1-14(2,3)17(22-18)12(8-9-21-23(4,19)20)10-6-5-7-11(15)13(10)16/h5-7,12,22H,8-9H2,1-4H3/t12-/m1/s1. The maximum absolute atomic E-state index is 14.4. The largest absolute Gasteiger partial charge is 0.270 e. The summed E-state index contributed by atoms with van der Waals surface area (Å²) in [6.45, 7) is 5.32. The summed E-state index contributed by atoms with van der Waals surface area (Å²) in [4.78, 5) is 0. The Morgan fingerprint density at radius 2 is 2.00 bits per heavy atom. The quantitative estimate of drug-likeness (QED) is 0.579. The van der Waals surface area contributed by atoms with Gasteiger partial charge in [-0.25, -0.2) is 12.9 Å². The first kappa shape index (κ1) is 20.5. The van der Waals surface area contributed by atoms with Crippen molar-refractivity contribution in [3.8, 4) is 0 Å². The summed E-state index contributed by atoms with van der Waals surface area (Å²) in [5, 5.41) is -0.0482. The molecule has 132 valence electrons. The summed E-state index contributed by atoms with van der Waals surface area (Å²) >= 11 is 5.52. The van der Waals surface area contributed by atoms with E-state index in [-0.39, 0.29) is 35.5 Å². The lowest BCUT2D eigenvalue weighted by molar-refractivity contribution is 0.173. The highest BCUT2D eigenvalue weighted by Gasteiger charge is 2.32. The predicted octanol–water partition coefficient (Wildman–Crippen LogP) is 2.85. The van der Waals surface area contributed by atoms with E-state index in [4.69, 9.17) is 15.8 Å². The molecule has 9 heteroatoms. The van der Waals surface area contributed by atoms with E-state index in [2.05, 4.69) is 0 Å². The van der Waals surface area contributed by atoms with Crippen LogP contribution < -0.4 is 0 Å². The average molecular weight is 386 g/mol. The molecule has 0 bridgehead atoms. The molecule has 0 saturated heterocycles. The van der Waals surface area contributed by atoms with Crippen molar-refractivity contribution in [3.05, 3.63) is 34.6 Å². The zero-order valence-corrected chi connectivity index (χ0v) is 15.9. The normalized spacial score (nSPS) is 14.2. The Balaban J connectivity index is 3.20. The number of halogens is 2. The Bertz CT molecular complexity index is 661. The monoisotopic (exact) mass is 385 g/mol. The summed E-state index contributed by atoms with van der Waals surface area (Å²) < 4.78 is 54.5. The van der Waals surface area contributed by atoms with E-state index in [1.165, 1.54) is 16.4 Å². The first-order chi connectivity index (χ1) is 10.5. The summed E-state index contributed by atoms with van der Waals surface area (Å²) in [7, 11) is -3.61. The van der Waals surface area contributed by atoms with Gasteiger partial charge in [-0.2, -0.15) is 8.42 Å². The molecule has 0 radical (unpaired) electrons. The van der Waals surface area contributed by atoms with Gasteiger partial charge in [0.1, 0.15) is 5.82 Å². The fourth-order valence-corrected chi connectivity index (χ4v) is 3.32. The zero-order valence-electron chi connectivity index (χ0n) is 13.4. The second-order valence-electron chi connectivity index (χ2n) is 6.07. The first-order valence-corrected chi connectivity index (χ1v) is 9.84. The summed E-state index contributed by atoms with van der Waals surface area (Å²) in [5.41, 5.74) is -0.304. The molecule has 0 saturated carbocycles. The Labute approximate surface area is 145 Å². The van der Waals surface area contributed by atoms with E-state index in [0.29, 0.717) is 0 Å². The van der Waals surface area contributed by atoms with Crippen LogP contribution in [0.15, 0.2) is 18.2 Å². The Kier molecular flexibility index (Phi) is 7.15. The molecule has 0 N–H and O–H groups in total. The van der Waals surface area contributed by atoms with E-state index >= 15 is 0 Å². The summed E-state index contributed by atoms with van der Waals surface area (Å²) in [6.07, 6.45) is 1.08. The van der Waals surface area contributed by atoms with Gasteiger partial charge in [0.25, 0.3) is 10.1 Å². The van der Waals surface area contributed by atoms with Crippen LogP contribution in [0, 0.1) is 5.82 Å². The highest BCUT2D eigenvalue weighted by Crippen LogP contribution is 2.34. The van der Waals surface area contributed by atoms with Gasteiger partial charge in [-0.05, 0) is 33.3 Å². The molecule has 1 aromatic carbocycles. The van der Waals surface area contributed by atoms with Crippen molar-refractivity contribution >= 4 is 33.6 Å². The van der Waals surface area contributed by atoms with Gasteiger partial charge < -0.3 is 0 Å². The van der Waals surface area contributed by atoms with Gasteiger partial charge >= 0.3 is 0 Å².